The molecule has 0 aliphatic rings. The van der Waals surface area contributed by atoms with E-state index >= 15 is 0 Å². The van der Waals surface area contributed by atoms with Crippen LogP contribution in [0.25, 0.3) is 0 Å². The molecule has 0 amide bonds. The molecule has 0 saturated carbocycles. The van der Waals surface area contributed by atoms with Crippen LogP contribution in [0, 0.1) is 0 Å². The molecule has 2 aromatic rings. The summed E-state index contributed by atoms with van der Waals surface area (Å²) in [5, 5.41) is 0. The molecule has 0 bridgehead atoms. The molecule has 1 nitrogen and oxygen atoms in total. The zero-order valence-electron chi connectivity index (χ0n) is 8.39. The monoisotopic (exact) mass is 196 g/mol. The maximum atomic E-state index is 10.5. The Hall–Kier alpha value is -1.89. The Morgan fingerprint density at radius 1 is 0.800 bits per heavy atom. The van der Waals surface area contributed by atoms with Crippen LogP contribution in [0.15, 0.2) is 54.6 Å². The molecular weight excluding hydrogens is 184 g/mol. The van der Waals surface area contributed by atoms with Crippen molar-refractivity contribution in [1.82, 2.24) is 0 Å². The lowest BCUT2D eigenvalue weighted by Gasteiger charge is -2.01. The van der Waals surface area contributed by atoms with Crippen molar-refractivity contribution >= 4 is 6.29 Å². The van der Waals surface area contributed by atoms with Gasteiger partial charge in [-0.3, -0.25) is 4.79 Å². The van der Waals surface area contributed by atoms with Crippen LogP contribution >= 0.6 is 0 Å². The second kappa shape index (κ2) is 4.56. The highest BCUT2D eigenvalue weighted by atomic mass is 16.1. The summed E-state index contributed by atoms with van der Waals surface area (Å²) >= 11 is 0. The van der Waals surface area contributed by atoms with E-state index in [1.54, 1.807) is 0 Å². The summed E-state index contributed by atoms with van der Waals surface area (Å²) < 4.78 is 0. The Kier molecular flexibility index (Phi) is 2.93. The normalized spacial score (nSPS) is 9.87. The summed E-state index contributed by atoms with van der Waals surface area (Å²) in [5.41, 5.74) is 3.25. The molecule has 74 valence electrons. The van der Waals surface area contributed by atoms with E-state index in [0.717, 1.165) is 18.3 Å². The summed E-state index contributed by atoms with van der Waals surface area (Å²) in [6, 6.07) is 18.0. The lowest BCUT2D eigenvalue weighted by molar-refractivity contribution is 0.112. The lowest BCUT2D eigenvalue weighted by atomic mass is 10.0. The van der Waals surface area contributed by atoms with Crippen molar-refractivity contribution in [3.8, 4) is 0 Å². The van der Waals surface area contributed by atoms with E-state index in [1.165, 1.54) is 11.1 Å². The highest BCUT2D eigenvalue weighted by Crippen LogP contribution is 2.09. The van der Waals surface area contributed by atoms with Crippen LogP contribution in [0.5, 0.6) is 0 Å². The molecule has 2 aromatic carbocycles. The predicted molar refractivity (Wildman–Crippen MR) is 61.1 cm³/mol. The Balaban J connectivity index is 2.15. The van der Waals surface area contributed by atoms with Crippen molar-refractivity contribution in [2.45, 2.75) is 6.42 Å². The van der Waals surface area contributed by atoms with E-state index < -0.39 is 0 Å². The van der Waals surface area contributed by atoms with Crippen molar-refractivity contribution in [2.75, 3.05) is 0 Å². The van der Waals surface area contributed by atoms with E-state index in [-0.39, 0.29) is 0 Å². The summed E-state index contributed by atoms with van der Waals surface area (Å²) in [6.45, 7) is 0. The molecule has 0 saturated heterocycles. The molecule has 0 aromatic heterocycles. The topological polar surface area (TPSA) is 17.1 Å². The fraction of sp³-hybridized carbons (Fsp3) is 0.0714. The third kappa shape index (κ3) is 2.53. The smallest absolute Gasteiger partial charge is 0.150 e. The number of carbonyl (C=O) groups is 1. The number of hydrogen-bond acceptors (Lipinski definition) is 1. The minimum absolute atomic E-state index is 0.729. The number of rotatable bonds is 3. The molecule has 0 N–H and O–H groups in total. The zero-order chi connectivity index (χ0) is 10.5. The maximum absolute atomic E-state index is 10.5. The average Bonchev–Trinajstić information content (AvgIpc) is 2.31. The molecule has 0 radical (unpaired) electrons. The molecule has 15 heavy (non-hydrogen) atoms. The van der Waals surface area contributed by atoms with Gasteiger partial charge in [-0.1, -0.05) is 54.6 Å². The van der Waals surface area contributed by atoms with Crippen LogP contribution in [0.4, 0.5) is 0 Å². The lowest BCUT2D eigenvalue weighted by Crippen LogP contribution is -1.88. The van der Waals surface area contributed by atoms with Gasteiger partial charge in [-0.25, -0.2) is 0 Å². The fourth-order valence-corrected chi connectivity index (χ4v) is 1.55. The van der Waals surface area contributed by atoms with Gasteiger partial charge in [0, 0.05) is 5.56 Å². The van der Waals surface area contributed by atoms with E-state index in [9.17, 15) is 4.79 Å². The third-order valence-electron chi connectivity index (χ3n) is 2.37. The van der Waals surface area contributed by atoms with Gasteiger partial charge in [0.2, 0.25) is 0 Å². The Labute approximate surface area is 89.4 Å². The SMILES string of the molecule is O=Cc1ccc(Cc2ccccc2)cc1. The van der Waals surface area contributed by atoms with Gasteiger partial charge in [0.15, 0.2) is 0 Å². The maximum Gasteiger partial charge on any atom is 0.150 e. The van der Waals surface area contributed by atoms with Gasteiger partial charge in [0.05, 0.1) is 0 Å². The van der Waals surface area contributed by atoms with Crippen molar-refractivity contribution in [3.63, 3.8) is 0 Å². The van der Waals surface area contributed by atoms with Crippen LogP contribution in [-0.4, -0.2) is 6.29 Å². The van der Waals surface area contributed by atoms with Crippen molar-refractivity contribution in [3.05, 3.63) is 71.3 Å². The first kappa shape index (κ1) is 9.66. The Bertz CT molecular complexity index is 429. The molecule has 1 heteroatoms. The van der Waals surface area contributed by atoms with Gasteiger partial charge < -0.3 is 0 Å². The quantitative estimate of drug-likeness (QED) is 0.689. The van der Waals surface area contributed by atoms with Gasteiger partial charge in [0.25, 0.3) is 0 Å². The van der Waals surface area contributed by atoms with Crippen LogP contribution < -0.4 is 0 Å². The molecule has 0 fully saturated rings. The van der Waals surface area contributed by atoms with Gasteiger partial charge in [-0.15, -0.1) is 0 Å². The van der Waals surface area contributed by atoms with Gasteiger partial charge in [-0.2, -0.15) is 0 Å². The first-order valence-electron chi connectivity index (χ1n) is 4.96. The van der Waals surface area contributed by atoms with Gasteiger partial charge in [0.1, 0.15) is 6.29 Å². The summed E-state index contributed by atoms with van der Waals surface area (Å²) in [5.74, 6) is 0. The minimum Gasteiger partial charge on any atom is -0.298 e. The first-order chi connectivity index (χ1) is 7.38. The highest BCUT2D eigenvalue weighted by Gasteiger charge is 1.95. The molecule has 0 aliphatic carbocycles. The van der Waals surface area contributed by atoms with Crippen LogP contribution in [0.1, 0.15) is 21.5 Å². The van der Waals surface area contributed by atoms with E-state index in [1.807, 2.05) is 42.5 Å². The summed E-state index contributed by atoms with van der Waals surface area (Å²) in [7, 11) is 0. The van der Waals surface area contributed by atoms with Crippen LogP contribution in [0.2, 0.25) is 0 Å². The fourth-order valence-electron chi connectivity index (χ4n) is 1.55. The first-order valence-corrected chi connectivity index (χ1v) is 4.96. The second-order valence-corrected chi connectivity index (χ2v) is 3.52. The largest absolute Gasteiger partial charge is 0.298 e. The van der Waals surface area contributed by atoms with Crippen LogP contribution in [-0.2, 0) is 6.42 Å². The van der Waals surface area contributed by atoms with E-state index in [0.29, 0.717) is 0 Å². The predicted octanol–water partition coefficient (Wildman–Crippen LogP) is 3.09. The second-order valence-electron chi connectivity index (χ2n) is 3.52. The van der Waals surface area contributed by atoms with Crippen LogP contribution in [0.3, 0.4) is 0 Å². The molecule has 0 aliphatic heterocycles. The van der Waals surface area contributed by atoms with Gasteiger partial charge >= 0.3 is 0 Å². The molecule has 2 rings (SSSR count). The number of hydrogen-bond donors (Lipinski definition) is 0. The number of benzene rings is 2. The third-order valence-corrected chi connectivity index (χ3v) is 2.37. The molecule has 0 heterocycles. The zero-order valence-corrected chi connectivity index (χ0v) is 8.39. The number of aldehydes is 1. The minimum atomic E-state index is 0.729. The van der Waals surface area contributed by atoms with Crippen molar-refractivity contribution < 1.29 is 4.79 Å². The van der Waals surface area contributed by atoms with Gasteiger partial charge in [-0.05, 0) is 17.5 Å². The Morgan fingerprint density at radius 2 is 1.40 bits per heavy atom. The molecule has 0 atom stereocenters. The average molecular weight is 196 g/mol. The summed E-state index contributed by atoms with van der Waals surface area (Å²) in [4.78, 5) is 10.5. The Morgan fingerprint density at radius 3 is 2.00 bits per heavy atom. The van der Waals surface area contributed by atoms with Crippen molar-refractivity contribution in [2.24, 2.45) is 0 Å². The van der Waals surface area contributed by atoms with Crippen molar-refractivity contribution in [1.29, 1.82) is 0 Å². The van der Waals surface area contributed by atoms with E-state index in [2.05, 4.69) is 12.1 Å². The molecular formula is C14H12O. The number of carbonyl (C=O) groups excluding carboxylic acids is 1. The molecule has 0 unspecified atom stereocenters. The standard InChI is InChI=1S/C14H12O/c15-11-14-8-6-13(7-9-14)10-12-4-2-1-3-5-12/h1-9,11H,10H2. The van der Waals surface area contributed by atoms with E-state index in [4.69, 9.17) is 0 Å². The summed E-state index contributed by atoms with van der Waals surface area (Å²) in [6.07, 6.45) is 1.78. The molecule has 0 spiro atoms. The highest BCUT2D eigenvalue weighted by molar-refractivity contribution is 5.74.